The maximum atomic E-state index is 10.8. The van der Waals surface area contributed by atoms with Gasteiger partial charge in [-0.1, -0.05) is 0 Å². The van der Waals surface area contributed by atoms with Gasteiger partial charge < -0.3 is 14.9 Å². The Labute approximate surface area is 106 Å². The Hall–Kier alpha value is -1.18. The summed E-state index contributed by atoms with van der Waals surface area (Å²) in [6, 6.07) is -0.449. The monoisotopic (exact) mass is 260 g/mol. The zero-order valence-corrected chi connectivity index (χ0v) is 10.5. The lowest BCUT2D eigenvalue weighted by atomic mass is 10.2. The fourth-order valence-electron chi connectivity index (χ4n) is 1.88. The van der Waals surface area contributed by atoms with Crippen LogP contribution in [0.3, 0.4) is 0 Å². The van der Waals surface area contributed by atoms with Crippen LogP contribution in [0.25, 0.3) is 0 Å². The molecule has 18 heavy (non-hydrogen) atoms. The van der Waals surface area contributed by atoms with Crippen LogP contribution >= 0.6 is 0 Å². The second-order valence-corrected chi connectivity index (χ2v) is 4.34. The Bertz CT molecular complexity index is 289. The first-order valence-corrected chi connectivity index (χ1v) is 5.99. The van der Waals surface area contributed by atoms with E-state index in [1.807, 2.05) is 4.90 Å². The number of rotatable bonds is 7. The van der Waals surface area contributed by atoms with Gasteiger partial charge in [0, 0.05) is 32.7 Å². The smallest absolute Gasteiger partial charge is 0.329 e. The summed E-state index contributed by atoms with van der Waals surface area (Å²) in [5, 5.41) is 17.3. The van der Waals surface area contributed by atoms with Crippen LogP contribution < -0.4 is 0 Å². The molecule has 1 rings (SSSR count). The van der Waals surface area contributed by atoms with E-state index in [-0.39, 0.29) is 6.61 Å². The third-order valence-electron chi connectivity index (χ3n) is 3.09. The van der Waals surface area contributed by atoms with Crippen molar-refractivity contribution in [1.82, 2.24) is 9.80 Å². The molecule has 0 aromatic rings. The van der Waals surface area contributed by atoms with Crippen LogP contribution in [0.15, 0.2) is 0 Å². The molecule has 0 spiro atoms. The molecule has 1 aliphatic heterocycles. The molecule has 104 valence electrons. The number of carboxylic acids is 2. The highest BCUT2D eigenvalue weighted by Crippen LogP contribution is 2.06. The largest absolute Gasteiger partial charge is 0.480 e. The van der Waals surface area contributed by atoms with Gasteiger partial charge in [0.15, 0.2) is 0 Å². The van der Waals surface area contributed by atoms with E-state index in [0.717, 1.165) is 13.1 Å². The van der Waals surface area contributed by atoms with Gasteiger partial charge >= 0.3 is 11.9 Å². The van der Waals surface area contributed by atoms with Crippen molar-refractivity contribution in [3.05, 3.63) is 0 Å². The van der Waals surface area contributed by atoms with Gasteiger partial charge in [-0.25, -0.2) is 4.79 Å². The Morgan fingerprint density at radius 2 is 1.83 bits per heavy atom. The molecule has 0 aromatic carbocycles. The molecule has 0 bridgehead atoms. The fourth-order valence-corrected chi connectivity index (χ4v) is 1.88. The SMILES string of the molecule is CC(C(=O)O)N1CCN(CCOCC(=O)O)CC1. The van der Waals surface area contributed by atoms with Crippen LogP contribution in [-0.2, 0) is 14.3 Å². The molecule has 7 nitrogen and oxygen atoms in total. The minimum Gasteiger partial charge on any atom is -0.480 e. The van der Waals surface area contributed by atoms with E-state index in [0.29, 0.717) is 26.2 Å². The van der Waals surface area contributed by atoms with Crippen LogP contribution in [0.1, 0.15) is 6.92 Å². The first kappa shape index (κ1) is 14.9. The molecule has 2 N–H and O–H groups in total. The topological polar surface area (TPSA) is 90.3 Å². The van der Waals surface area contributed by atoms with Gasteiger partial charge in [0.25, 0.3) is 0 Å². The molecule has 0 saturated carbocycles. The Morgan fingerprint density at radius 1 is 1.22 bits per heavy atom. The van der Waals surface area contributed by atoms with Gasteiger partial charge in [-0.2, -0.15) is 0 Å². The van der Waals surface area contributed by atoms with E-state index in [1.54, 1.807) is 6.92 Å². The summed E-state index contributed by atoms with van der Waals surface area (Å²) >= 11 is 0. The van der Waals surface area contributed by atoms with Crippen molar-refractivity contribution < 1.29 is 24.5 Å². The van der Waals surface area contributed by atoms with Gasteiger partial charge in [-0.05, 0) is 6.92 Å². The number of hydrogen-bond acceptors (Lipinski definition) is 5. The summed E-state index contributed by atoms with van der Waals surface area (Å²) in [7, 11) is 0. The highest BCUT2D eigenvalue weighted by atomic mass is 16.5. The van der Waals surface area contributed by atoms with Crippen LogP contribution in [-0.4, -0.2) is 83.9 Å². The summed E-state index contributed by atoms with van der Waals surface area (Å²) in [6.07, 6.45) is 0. The van der Waals surface area contributed by atoms with Crippen molar-refractivity contribution in [3.63, 3.8) is 0 Å². The average molecular weight is 260 g/mol. The van der Waals surface area contributed by atoms with E-state index in [2.05, 4.69) is 4.90 Å². The van der Waals surface area contributed by atoms with Crippen LogP contribution in [0.2, 0.25) is 0 Å². The Morgan fingerprint density at radius 3 is 2.33 bits per heavy atom. The van der Waals surface area contributed by atoms with Gasteiger partial charge in [-0.15, -0.1) is 0 Å². The molecular weight excluding hydrogens is 240 g/mol. The standard InChI is InChI=1S/C11H20N2O5/c1-9(11(16)17)13-4-2-12(3-5-13)6-7-18-8-10(14)15/h9H,2-8H2,1H3,(H,14,15)(H,16,17). The fraction of sp³-hybridized carbons (Fsp3) is 0.818. The highest BCUT2D eigenvalue weighted by Gasteiger charge is 2.24. The maximum absolute atomic E-state index is 10.8. The number of hydrogen-bond donors (Lipinski definition) is 2. The lowest BCUT2D eigenvalue weighted by Crippen LogP contribution is -2.52. The molecule has 7 heteroatoms. The van der Waals surface area contributed by atoms with Gasteiger partial charge in [0.2, 0.25) is 0 Å². The second kappa shape index (κ2) is 7.30. The summed E-state index contributed by atoms with van der Waals surface area (Å²) in [4.78, 5) is 25.1. The molecule has 1 unspecified atom stereocenters. The quantitative estimate of drug-likeness (QED) is 0.578. The summed E-state index contributed by atoms with van der Waals surface area (Å²) in [5.41, 5.74) is 0. The molecule has 1 saturated heterocycles. The van der Waals surface area contributed by atoms with Crippen LogP contribution in [0.5, 0.6) is 0 Å². The van der Waals surface area contributed by atoms with Gasteiger partial charge in [0.05, 0.1) is 6.61 Å². The molecular formula is C11H20N2O5. The van der Waals surface area contributed by atoms with E-state index in [9.17, 15) is 9.59 Å². The zero-order valence-electron chi connectivity index (χ0n) is 10.5. The lowest BCUT2D eigenvalue weighted by Gasteiger charge is -2.36. The molecule has 0 amide bonds. The zero-order chi connectivity index (χ0) is 13.5. The molecule has 0 aromatic heterocycles. The van der Waals surface area contributed by atoms with E-state index in [4.69, 9.17) is 14.9 Å². The molecule has 1 aliphatic rings. The number of piperazine rings is 1. The summed E-state index contributed by atoms with van der Waals surface area (Å²) in [5.74, 6) is -1.76. The first-order chi connectivity index (χ1) is 8.50. The van der Waals surface area contributed by atoms with Crippen molar-refractivity contribution >= 4 is 11.9 Å². The molecule has 1 atom stereocenters. The number of carbonyl (C=O) groups is 2. The van der Waals surface area contributed by atoms with Gasteiger partial charge in [-0.3, -0.25) is 14.6 Å². The number of ether oxygens (including phenoxy) is 1. The van der Waals surface area contributed by atoms with Crippen molar-refractivity contribution in [3.8, 4) is 0 Å². The minimum atomic E-state index is -0.963. The third-order valence-corrected chi connectivity index (χ3v) is 3.09. The predicted molar refractivity (Wildman–Crippen MR) is 63.6 cm³/mol. The highest BCUT2D eigenvalue weighted by molar-refractivity contribution is 5.72. The van der Waals surface area contributed by atoms with Gasteiger partial charge in [0.1, 0.15) is 12.6 Å². The van der Waals surface area contributed by atoms with Crippen molar-refractivity contribution in [2.24, 2.45) is 0 Å². The van der Waals surface area contributed by atoms with Crippen molar-refractivity contribution in [1.29, 1.82) is 0 Å². The lowest BCUT2D eigenvalue weighted by molar-refractivity contribution is -0.143. The predicted octanol–water partition coefficient (Wildman–Crippen LogP) is -0.822. The van der Waals surface area contributed by atoms with Crippen molar-refractivity contribution in [2.45, 2.75) is 13.0 Å². The van der Waals surface area contributed by atoms with Crippen molar-refractivity contribution in [2.75, 3.05) is 45.9 Å². The first-order valence-electron chi connectivity index (χ1n) is 5.99. The Kier molecular flexibility index (Phi) is 6.03. The van der Waals surface area contributed by atoms with Crippen LogP contribution in [0.4, 0.5) is 0 Å². The normalized spacial score (nSPS) is 19.6. The molecule has 0 aliphatic carbocycles. The Balaban J connectivity index is 2.15. The minimum absolute atomic E-state index is 0.268. The van der Waals surface area contributed by atoms with E-state index in [1.165, 1.54) is 0 Å². The molecule has 1 fully saturated rings. The van der Waals surface area contributed by atoms with E-state index >= 15 is 0 Å². The molecule has 1 heterocycles. The van der Waals surface area contributed by atoms with E-state index < -0.39 is 18.0 Å². The maximum Gasteiger partial charge on any atom is 0.329 e. The third kappa shape index (κ3) is 4.99. The van der Waals surface area contributed by atoms with Crippen LogP contribution in [0, 0.1) is 0 Å². The number of nitrogens with zero attached hydrogens (tertiary/aromatic N) is 2. The average Bonchev–Trinajstić information content (AvgIpc) is 2.34. The molecule has 0 radical (unpaired) electrons. The summed E-state index contributed by atoms with van der Waals surface area (Å²) in [6.45, 7) is 5.49. The second-order valence-electron chi connectivity index (χ2n) is 4.34. The summed E-state index contributed by atoms with van der Waals surface area (Å²) < 4.78 is 4.96. The number of aliphatic carboxylic acids is 2. The number of carboxylic acid groups (broad SMARTS) is 2.